The quantitative estimate of drug-likeness (QED) is 0.617. The van der Waals surface area contributed by atoms with Gasteiger partial charge in [0.2, 0.25) is 0 Å². The van der Waals surface area contributed by atoms with Crippen LogP contribution in [0.3, 0.4) is 0 Å². The van der Waals surface area contributed by atoms with Gasteiger partial charge in [0.05, 0.1) is 6.61 Å². The molecule has 0 bridgehead atoms. The van der Waals surface area contributed by atoms with Gasteiger partial charge in [-0.1, -0.05) is 63.4 Å². The molecular weight excluding hydrogens is 236 g/mol. The fourth-order valence-electron chi connectivity index (χ4n) is 2.07. The molecule has 19 heavy (non-hydrogen) atoms. The standard InChI is InChI=1S/C17H26O2/c1-3-5-9-15(4-2)14-19-17(18)13-12-16-10-7-6-8-11-16/h6-8,10-11,15H,3-5,9,12-14H2,1-2H3. The lowest BCUT2D eigenvalue weighted by molar-refractivity contribution is -0.145. The molecule has 0 heterocycles. The highest BCUT2D eigenvalue weighted by molar-refractivity contribution is 5.69. The van der Waals surface area contributed by atoms with Crippen molar-refractivity contribution in [3.8, 4) is 0 Å². The summed E-state index contributed by atoms with van der Waals surface area (Å²) in [7, 11) is 0. The molecule has 1 aromatic carbocycles. The first-order valence-electron chi connectivity index (χ1n) is 7.45. The van der Waals surface area contributed by atoms with Gasteiger partial charge in [-0.2, -0.15) is 0 Å². The monoisotopic (exact) mass is 262 g/mol. The zero-order chi connectivity index (χ0) is 13.9. The molecule has 0 saturated heterocycles. The van der Waals surface area contributed by atoms with Gasteiger partial charge in [-0.25, -0.2) is 0 Å². The third kappa shape index (κ3) is 7.00. The number of benzene rings is 1. The molecule has 0 spiro atoms. The van der Waals surface area contributed by atoms with Crippen molar-refractivity contribution in [3.63, 3.8) is 0 Å². The molecule has 106 valence electrons. The second kappa shape index (κ2) is 9.60. The number of hydrogen-bond donors (Lipinski definition) is 0. The van der Waals surface area contributed by atoms with Crippen molar-refractivity contribution in [2.45, 2.75) is 52.4 Å². The average molecular weight is 262 g/mol. The predicted octanol–water partition coefficient (Wildman–Crippen LogP) is 4.38. The van der Waals surface area contributed by atoms with Crippen LogP contribution in [0.5, 0.6) is 0 Å². The van der Waals surface area contributed by atoms with E-state index in [0.29, 0.717) is 18.9 Å². The Morgan fingerprint density at radius 2 is 1.95 bits per heavy atom. The number of rotatable bonds is 9. The molecule has 1 unspecified atom stereocenters. The lowest BCUT2D eigenvalue weighted by atomic mass is 10.0. The topological polar surface area (TPSA) is 26.3 Å². The molecule has 1 aromatic rings. The molecule has 0 saturated carbocycles. The number of unbranched alkanes of at least 4 members (excludes halogenated alkanes) is 1. The van der Waals surface area contributed by atoms with Gasteiger partial charge in [0.1, 0.15) is 0 Å². The Bertz CT molecular complexity index is 346. The Labute approximate surface area is 117 Å². The minimum absolute atomic E-state index is 0.0706. The van der Waals surface area contributed by atoms with Crippen molar-refractivity contribution in [3.05, 3.63) is 35.9 Å². The minimum Gasteiger partial charge on any atom is -0.465 e. The summed E-state index contributed by atoms with van der Waals surface area (Å²) in [6.45, 7) is 4.95. The van der Waals surface area contributed by atoms with Crippen LogP contribution in [-0.4, -0.2) is 12.6 Å². The van der Waals surface area contributed by atoms with Crippen LogP contribution in [-0.2, 0) is 16.0 Å². The second-order valence-corrected chi connectivity index (χ2v) is 5.09. The van der Waals surface area contributed by atoms with Crippen molar-refractivity contribution in [1.29, 1.82) is 0 Å². The van der Waals surface area contributed by atoms with Crippen molar-refractivity contribution in [2.24, 2.45) is 5.92 Å². The normalized spacial score (nSPS) is 12.1. The zero-order valence-corrected chi connectivity index (χ0v) is 12.2. The Morgan fingerprint density at radius 1 is 1.21 bits per heavy atom. The Balaban J connectivity index is 2.20. The fourth-order valence-corrected chi connectivity index (χ4v) is 2.07. The van der Waals surface area contributed by atoms with E-state index < -0.39 is 0 Å². The number of aryl methyl sites for hydroxylation is 1. The molecule has 1 rings (SSSR count). The Morgan fingerprint density at radius 3 is 2.58 bits per heavy atom. The van der Waals surface area contributed by atoms with Gasteiger partial charge in [0, 0.05) is 6.42 Å². The van der Waals surface area contributed by atoms with Crippen LogP contribution >= 0.6 is 0 Å². The van der Waals surface area contributed by atoms with Gasteiger partial charge >= 0.3 is 5.97 Å². The van der Waals surface area contributed by atoms with E-state index >= 15 is 0 Å². The summed E-state index contributed by atoms with van der Waals surface area (Å²) in [6, 6.07) is 10.1. The molecule has 2 heteroatoms. The maximum atomic E-state index is 11.7. The van der Waals surface area contributed by atoms with Crippen molar-refractivity contribution in [2.75, 3.05) is 6.61 Å². The summed E-state index contributed by atoms with van der Waals surface area (Å²) < 4.78 is 5.37. The predicted molar refractivity (Wildman–Crippen MR) is 79.0 cm³/mol. The van der Waals surface area contributed by atoms with E-state index in [2.05, 4.69) is 13.8 Å². The Hall–Kier alpha value is -1.31. The second-order valence-electron chi connectivity index (χ2n) is 5.09. The van der Waals surface area contributed by atoms with Crippen LogP contribution in [0.2, 0.25) is 0 Å². The highest BCUT2D eigenvalue weighted by Crippen LogP contribution is 2.13. The van der Waals surface area contributed by atoms with E-state index in [1.165, 1.54) is 24.8 Å². The molecule has 0 aliphatic heterocycles. The fraction of sp³-hybridized carbons (Fsp3) is 0.588. The number of carbonyl (C=O) groups is 1. The minimum atomic E-state index is -0.0706. The summed E-state index contributed by atoms with van der Waals surface area (Å²) in [6.07, 6.45) is 5.93. The van der Waals surface area contributed by atoms with Crippen LogP contribution < -0.4 is 0 Å². The lowest BCUT2D eigenvalue weighted by Crippen LogP contribution is -2.14. The van der Waals surface area contributed by atoms with Gasteiger partial charge in [0.25, 0.3) is 0 Å². The first-order chi connectivity index (χ1) is 9.26. The van der Waals surface area contributed by atoms with E-state index in [0.717, 1.165) is 12.8 Å². The molecule has 1 atom stereocenters. The summed E-state index contributed by atoms with van der Waals surface area (Å²) in [4.78, 5) is 11.7. The molecule has 0 aliphatic rings. The van der Waals surface area contributed by atoms with Crippen molar-refractivity contribution < 1.29 is 9.53 Å². The van der Waals surface area contributed by atoms with Gasteiger partial charge in [-0.3, -0.25) is 4.79 Å². The highest BCUT2D eigenvalue weighted by atomic mass is 16.5. The third-order valence-electron chi connectivity index (χ3n) is 3.48. The summed E-state index contributed by atoms with van der Waals surface area (Å²) >= 11 is 0. The first-order valence-corrected chi connectivity index (χ1v) is 7.45. The molecule has 0 amide bonds. The maximum absolute atomic E-state index is 11.7. The third-order valence-corrected chi connectivity index (χ3v) is 3.48. The smallest absolute Gasteiger partial charge is 0.306 e. The van der Waals surface area contributed by atoms with Gasteiger partial charge in [-0.15, -0.1) is 0 Å². The van der Waals surface area contributed by atoms with E-state index in [4.69, 9.17) is 4.74 Å². The molecule has 0 fully saturated rings. The van der Waals surface area contributed by atoms with Crippen LogP contribution in [0.1, 0.15) is 51.5 Å². The molecule has 0 aromatic heterocycles. The van der Waals surface area contributed by atoms with Gasteiger partial charge in [0.15, 0.2) is 0 Å². The molecule has 0 radical (unpaired) electrons. The van der Waals surface area contributed by atoms with E-state index in [1.54, 1.807) is 0 Å². The van der Waals surface area contributed by atoms with Crippen molar-refractivity contribution in [1.82, 2.24) is 0 Å². The SMILES string of the molecule is CCCCC(CC)COC(=O)CCc1ccccc1. The number of hydrogen-bond acceptors (Lipinski definition) is 2. The molecule has 2 nitrogen and oxygen atoms in total. The summed E-state index contributed by atoms with van der Waals surface area (Å²) in [5.41, 5.74) is 1.19. The van der Waals surface area contributed by atoms with Gasteiger partial charge < -0.3 is 4.74 Å². The van der Waals surface area contributed by atoms with Crippen LogP contribution in [0, 0.1) is 5.92 Å². The van der Waals surface area contributed by atoms with E-state index in [9.17, 15) is 4.79 Å². The van der Waals surface area contributed by atoms with E-state index in [-0.39, 0.29) is 5.97 Å². The van der Waals surface area contributed by atoms with Crippen LogP contribution in [0.25, 0.3) is 0 Å². The summed E-state index contributed by atoms with van der Waals surface area (Å²) in [5.74, 6) is 0.458. The first kappa shape index (κ1) is 15.7. The largest absolute Gasteiger partial charge is 0.465 e. The maximum Gasteiger partial charge on any atom is 0.306 e. The van der Waals surface area contributed by atoms with Gasteiger partial charge in [-0.05, 0) is 24.3 Å². The molecular formula is C17H26O2. The van der Waals surface area contributed by atoms with Crippen LogP contribution in [0.4, 0.5) is 0 Å². The highest BCUT2D eigenvalue weighted by Gasteiger charge is 2.10. The number of carbonyl (C=O) groups excluding carboxylic acids is 1. The van der Waals surface area contributed by atoms with Crippen molar-refractivity contribution >= 4 is 5.97 Å². The molecule has 0 N–H and O–H groups in total. The average Bonchev–Trinajstić information content (AvgIpc) is 2.46. The summed E-state index contributed by atoms with van der Waals surface area (Å²) in [5, 5.41) is 0. The molecule has 0 aliphatic carbocycles. The lowest BCUT2D eigenvalue weighted by Gasteiger charge is -2.14. The van der Waals surface area contributed by atoms with Crippen LogP contribution in [0.15, 0.2) is 30.3 Å². The Kier molecular flexibility index (Phi) is 7.95. The number of esters is 1. The zero-order valence-electron chi connectivity index (χ0n) is 12.2. The van der Waals surface area contributed by atoms with E-state index in [1.807, 2.05) is 30.3 Å². The number of ether oxygens (including phenoxy) is 1.